The van der Waals surface area contributed by atoms with Crippen molar-refractivity contribution in [2.45, 2.75) is 117 Å². The number of rotatable bonds is 20. The van der Waals surface area contributed by atoms with E-state index >= 15 is 0 Å². The van der Waals surface area contributed by atoms with Crippen LogP contribution in [-0.2, 0) is 8.23 Å². The first kappa shape index (κ1) is 29.5. The average Bonchev–Trinajstić information content (AvgIpc) is 2.58. The molecule has 0 unspecified atom stereocenters. The Labute approximate surface area is 186 Å². The summed E-state index contributed by atoms with van der Waals surface area (Å²) < 4.78 is 13.5. The molecule has 4 nitrogen and oxygen atoms in total. The Balaban J connectivity index is 4.11. The molecule has 0 radical (unpaired) electrons. The monoisotopic (exact) mass is 462 g/mol. The van der Waals surface area contributed by atoms with Crippen molar-refractivity contribution in [1.82, 2.24) is 10.6 Å². The topological polar surface area (TPSA) is 42.5 Å². The van der Waals surface area contributed by atoms with Gasteiger partial charge < -0.3 is 18.9 Å². The van der Waals surface area contributed by atoms with E-state index in [-0.39, 0.29) is 0 Å². The summed E-state index contributed by atoms with van der Waals surface area (Å²) in [6, 6.07) is 2.53. The van der Waals surface area contributed by atoms with E-state index in [1.54, 1.807) is 0 Å². The van der Waals surface area contributed by atoms with E-state index in [0.717, 1.165) is 26.2 Å². The molecule has 0 fully saturated rings. The van der Waals surface area contributed by atoms with Gasteiger partial charge in [-0.05, 0) is 90.4 Å². The van der Waals surface area contributed by atoms with Crippen LogP contribution in [0.15, 0.2) is 0 Å². The Morgan fingerprint density at radius 2 is 0.862 bits per heavy atom. The highest BCUT2D eigenvalue weighted by molar-refractivity contribution is 6.87. The van der Waals surface area contributed by atoms with Crippen LogP contribution in [0.25, 0.3) is 0 Å². The number of hydrogen-bond acceptors (Lipinski definition) is 4. The predicted molar refractivity (Wildman–Crippen MR) is 138 cm³/mol. The molecule has 0 aromatic heterocycles. The maximum absolute atomic E-state index is 6.75. The van der Waals surface area contributed by atoms with Crippen molar-refractivity contribution in [2.75, 3.05) is 26.2 Å². The molecular weight excluding hydrogens is 409 g/mol. The molecule has 0 aromatic carbocycles. The van der Waals surface area contributed by atoms with E-state index in [0.29, 0.717) is 0 Å². The molecule has 7 heteroatoms. The van der Waals surface area contributed by atoms with Gasteiger partial charge in [0.05, 0.1) is 0 Å². The van der Waals surface area contributed by atoms with Crippen LogP contribution >= 0.6 is 0 Å². The quantitative estimate of drug-likeness (QED) is 0.161. The van der Waals surface area contributed by atoms with E-state index in [9.17, 15) is 0 Å². The molecule has 0 saturated heterocycles. The van der Waals surface area contributed by atoms with E-state index in [4.69, 9.17) is 8.23 Å². The van der Waals surface area contributed by atoms with E-state index in [1.807, 2.05) is 0 Å². The van der Waals surface area contributed by atoms with Crippen molar-refractivity contribution in [1.29, 1.82) is 0 Å². The van der Waals surface area contributed by atoms with Crippen molar-refractivity contribution in [3.05, 3.63) is 0 Å². The Bertz CT molecular complexity index is 360. The SMILES string of the molecule is CCNCCCCCC[Si](C)(C)O[Si](C)(C)O[Si](C)(C)CCCCCCNCC. The second kappa shape index (κ2) is 16.2. The summed E-state index contributed by atoms with van der Waals surface area (Å²) in [7, 11) is -5.31. The molecule has 0 amide bonds. The fourth-order valence-electron chi connectivity index (χ4n) is 4.12. The molecule has 0 aliphatic heterocycles. The molecule has 0 rings (SSSR count). The zero-order chi connectivity index (χ0) is 22.2. The van der Waals surface area contributed by atoms with E-state index < -0.39 is 25.2 Å². The molecule has 176 valence electrons. The number of nitrogens with one attached hydrogen (secondary N) is 2. The molecule has 0 atom stereocenters. The van der Waals surface area contributed by atoms with Crippen LogP contribution in [0.5, 0.6) is 0 Å². The van der Waals surface area contributed by atoms with Gasteiger partial charge >= 0.3 is 8.56 Å². The second-order valence-electron chi connectivity index (χ2n) is 10.2. The summed E-state index contributed by atoms with van der Waals surface area (Å²) in [5.41, 5.74) is 0. The molecule has 29 heavy (non-hydrogen) atoms. The summed E-state index contributed by atoms with van der Waals surface area (Å²) in [4.78, 5) is 0. The first-order valence-electron chi connectivity index (χ1n) is 12.4. The summed E-state index contributed by atoms with van der Waals surface area (Å²) in [6.07, 6.45) is 10.6. The Morgan fingerprint density at radius 1 is 0.517 bits per heavy atom. The minimum atomic E-state index is -2.04. The van der Waals surface area contributed by atoms with Crippen molar-refractivity contribution >= 4 is 25.2 Å². The van der Waals surface area contributed by atoms with Crippen LogP contribution in [0, 0.1) is 0 Å². The predicted octanol–water partition coefficient (Wildman–Crippen LogP) is 6.47. The maximum Gasteiger partial charge on any atom is 0.311 e. The molecule has 0 aliphatic carbocycles. The van der Waals surface area contributed by atoms with Crippen molar-refractivity contribution in [2.24, 2.45) is 0 Å². The lowest BCUT2D eigenvalue weighted by Crippen LogP contribution is -2.52. The minimum absolute atomic E-state index is 1.09. The van der Waals surface area contributed by atoms with Crippen LogP contribution in [0.4, 0.5) is 0 Å². The van der Waals surface area contributed by atoms with Gasteiger partial charge in [0.1, 0.15) is 0 Å². The van der Waals surface area contributed by atoms with Gasteiger partial charge in [0.25, 0.3) is 0 Å². The zero-order valence-corrected chi connectivity index (χ0v) is 24.2. The lowest BCUT2D eigenvalue weighted by atomic mass is 10.2. The maximum atomic E-state index is 6.75. The fraction of sp³-hybridized carbons (Fsp3) is 1.00. The number of hydrogen-bond donors (Lipinski definition) is 2. The standard InChI is InChI=1S/C22H54N2O2Si3/c1-9-23-19-15-11-13-17-21-27(3,4)25-29(7,8)26-28(5,6)22-18-14-12-16-20-24-10-2/h23-24H,9-22H2,1-8H3. The lowest BCUT2D eigenvalue weighted by molar-refractivity contribution is 0.385. The third-order valence-corrected chi connectivity index (χ3v) is 16.8. The smallest absolute Gasteiger partial charge is 0.311 e. The molecule has 0 saturated carbocycles. The normalized spacial score (nSPS) is 13.2. The second-order valence-corrected chi connectivity index (χ2v) is 22.6. The Hall–Kier alpha value is 0.491. The number of unbranched alkanes of at least 4 members (excludes halogenated alkanes) is 6. The van der Waals surface area contributed by atoms with E-state index in [1.165, 1.54) is 63.5 Å². The Morgan fingerprint density at radius 3 is 1.21 bits per heavy atom. The van der Waals surface area contributed by atoms with Crippen LogP contribution in [0.2, 0.25) is 51.4 Å². The van der Waals surface area contributed by atoms with Gasteiger partial charge in [0, 0.05) is 0 Å². The van der Waals surface area contributed by atoms with E-state index in [2.05, 4.69) is 63.8 Å². The van der Waals surface area contributed by atoms with Crippen LogP contribution in [0.3, 0.4) is 0 Å². The summed E-state index contributed by atoms with van der Waals surface area (Å²) in [6.45, 7) is 23.0. The lowest BCUT2D eigenvalue weighted by Gasteiger charge is -2.39. The van der Waals surface area contributed by atoms with Gasteiger partial charge in [-0.25, -0.2) is 0 Å². The molecule has 0 aliphatic rings. The summed E-state index contributed by atoms with van der Waals surface area (Å²) >= 11 is 0. The van der Waals surface area contributed by atoms with Gasteiger partial charge in [0.2, 0.25) is 0 Å². The van der Waals surface area contributed by atoms with Crippen molar-refractivity contribution in [3.8, 4) is 0 Å². The van der Waals surface area contributed by atoms with Crippen LogP contribution in [-0.4, -0.2) is 51.4 Å². The highest BCUT2D eigenvalue weighted by Crippen LogP contribution is 2.27. The average molecular weight is 463 g/mol. The Kier molecular flexibility index (Phi) is 16.4. The fourth-order valence-corrected chi connectivity index (χ4v) is 18.3. The minimum Gasteiger partial charge on any atom is -0.437 e. The van der Waals surface area contributed by atoms with Crippen LogP contribution < -0.4 is 10.6 Å². The zero-order valence-electron chi connectivity index (χ0n) is 21.2. The molecule has 0 aromatic rings. The first-order chi connectivity index (χ1) is 13.5. The molecule has 0 heterocycles. The van der Waals surface area contributed by atoms with Gasteiger partial charge in [0.15, 0.2) is 16.6 Å². The van der Waals surface area contributed by atoms with Gasteiger partial charge in [-0.3, -0.25) is 0 Å². The van der Waals surface area contributed by atoms with Crippen molar-refractivity contribution < 1.29 is 8.23 Å². The third-order valence-electron chi connectivity index (χ3n) is 5.31. The van der Waals surface area contributed by atoms with Gasteiger partial charge in [-0.1, -0.05) is 52.4 Å². The van der Waals surface area contributed by atoms with Crippen LogP contribution in [0.1, 0.15) is 65.2 Å². The summed E-state index contributed by atoms with van der Waals surface area (Å²) in [5.74, 6) is 0. The molecule has 0 bridgehead atoms. The van der Waals surface area contributed by atoms with Gasteiger partial charge in [-0.2, -0.15) is 0 Å². The largest absolute Gasteiger partial charge is 0.437 e. The highest BCUT2D eigenvalue weighted by atomic mass is 28.5. The highest BCUT2D eigenvalue weighted by Gasteiger charge is 2.39. The molecular formula is C22H54N2O2Si3. The van der Waals surface area contributed by atoms with Crippen molar-refractivity contribution in [3.63, 3.8) is 0 Å². The molecule has 2 N–H and O–H groups in total. The summed E-state index contributed by atoms with van der Waals surface area (Å²) in [5, 5.41) is 6.82. The molecule has 0 spiro atoms. The third kappa shape index (κ3) is 18.9. The van der Waals surface area contributed by atoms with Gasteiger partial charge in [-0.15, -0.1) is 0 Å². The first-order valence-corrected chi connectivity index (χ1v) is 21.4.